The van der Waals surface area contributed by atoms with Gasteiger partial charge in [0.05, 0.1) is 11.0 Å². The lowest BCUT2D eigenvalue weighted by molar-refractivity contribution is 0.126. The summed E-state index contributed by atoms with van der Waals surface area (Å²) < 4.78 is 28.0. The summed E-state index contributed by atoms with van der Waals surface area (Å²) in [5.74, 6) is 0.547. The summed E-state index contributed by atoms with van der Waals surface area (Å²) in [6.45, 7) is 0. The zero-order chi connectivity index (χ0) is 23.7. The van der Waals surface area contributed by atoms with Gasteiger partial charge in [-0.05, 0) is 67.6 Å². The summed E-state index contributed by atoms with van der Waals surface area (Å²) in [7, 11) is -3.87. The fourth-order valence-corrected chi connectivity index (χ4v) is 5.74. The molecule has 0 spiro atoms. The molecule has 1 aliphatic rings. The maximum atomic E-state index is 13.4. The molecular formula is C25H23N5O3S. The van der Waals surface area contributed by atoms with E-state index in [0.29, 0.717) is 28.0 Å². The van der Waals surface area contributed by atoms with Crippen molar-refractivity contribution < 1.29 is 13.5 Å². The molecule has 1 aliphatic carbocycles. The molecule has 34 heavy (non-hydrogen) atoms. The Morgan fingerprint density at radius 2 is 1.82 bits per heavy atom. The van der Waals surface area contributed by atoms with Crippen LogP contribution >= 0.6 is 0 Å². The number of nitrogens with zero attached hydrogens (tertiary/aromatic N) is 4. The third kappa shape index (κ3) is 4.14. The zero-order valence-electron chi connectivity index (χ0n) is 18.3. The molecule has 9 heteroatoms. The molecule has 4 aromatic rings. The fourth-order valence-electron chi connectivity index (χ4n) is 4.40. The van der Waals surface area contributed by atoms with Crippen LogP contribution in [-0.2, 0) is 10.0 Å². The van der Waals surface area contributed by atoms with E-state index in [4.69, 9.17) is 0 Å². The highest BCUT2D eigenvalue weighted by Gasteiger charge is 2.24. The summed E-state index contributed by atoms with van der Waals surface area (Å²) >= 11 is 0. The second-order valence-electron chi connectivity index (χ2n) is 8.42. The number of fused-ring (bicyclic) bond motifs is 1. The molecule has 5 rings (SSSR count). The number of hydrogen-bond donors (Lipinski definition) is 2. The third-order valence-electron chi connectivity index (χ3n) is 6.13. The summed E-state index contributed by atoms with van der Waals surface area (Å²) in [5, 5.41) is 23.4. The Balaban J connectivity index is 1.61. The minimum absolute atomic E-state index is 0.152. The molecule has 3 aromatic heterocycles. The summed E-state index contributed by atoms with van der Waals surface area (Å²) in [5.41, 5.74) is 1.85. The highest BCUT2D eigenvalue weighted by atomic mass is 32.2. The number of aliphatic hydroxyl groups excluding tert-OH is 1. The van der Waals surface area contributed by atoms with Crippen molar-refractivity contribution >= 4 is 26.9 Å². The lowest BCUT2D eigenvalue weighted by atomic mass is 9.93. The standard InChI is InChI=1S/C25H23N5O3S/c26-15-19-13-17(14-24(29-19)28-18-8-10-20(31)11-9-18)23-16-30(25-22(23)7-4-12-27-25)34(32,33)21-5-2-1-3-6-21/h1-7,12-14,16,18,20,31H,8-11H2,(H,28,29). The van der Waals surface area contributed by atoms with Crippen LogP contribution in [-0.4, -0.2) is 39.6 Å². The molecule has 0 radical (unpaired) electrons. The lowest BCUT2D eigenvalue weighted by Gasteiger charge is -2.26. The highest BCUT2D eigenvalue weighted by Crippen LogP contribution is 2.34. The second kappa shape index (κ2) is 8.89. The predicted octanol–water partition coefficient (Wildman–Crippen LogP) is 3.92. The molecule has 1 fully saturated rings. The van der Waals surface area contributed by atoms with Gasteiger partial charge in [-0.1, -0.05) is 18.2 Å². The van der Waals surface area contributed by atoms with E-state index >= 15 is 0 Å². The molecule has 0 amide bonds. The van der Waals surface area contributed by atoms with Gasteiger partial charge in [0.1, 0.15) is 17.6 Å². The molecule has 0 aliphatic heterocycles. The van der Waals surface area contributed by atoms with Crippen LogP contribution in [0.1, 0.15) is 31.4 Å². The molecule has 0 unspecified atom stereocenters. The van der Waals surface area contributed by atoms with Crippen molar-refractivity contribution in [1.29, 1.82) is 5.26 Å². The number of nitrogens with one attached hydrogen (secondary N) is 1. The van der Waals surface area contributed by atoms with Gasteiger partial charge in [-0.3, -0.25) is 0 Å². The first-order chi connectivity index (χ1) is 16.5. The van der Waals surface area contributed by atoms with Gasteiger partial charge in [0.2, 0.25) is 0 Å². The Bertz CT molecular complexity index is 1480. The molecule has 1 aromatic carbocycles. The van der Waals surface area contributed by atoms with Gasteiger partial charge < -0.3 is 10.4 Å². The topological polar surface area (TPSA) is 121 Å². The first-order valence-electron chi connectivity index (χ1n) is 11.1. The van der Waals surface area contributed by atoms with E-state index in [9.17, 15) is 18.8 Å². The third-order valence-corrected chi connectivity index (χ3v) is 7.80. The molecule has 3 heterocycles. The van der Waals surface area contributed by atoms with Crippen LogP contribution in [0, 0.1) is 11.3 Å². The van der Waals surface area contributed by atoms with Gasteiger partial charge >= 0.3 is 0 Å². The molecule has 172 valence electrons. The average molecular weight is 474 g/mol. The largest absolute Gasteiger partial charge is 0.393 e. The Morgan fingerprint density at radius 3 is 2.56 bits per heavy atom. The maximum Gasteiger partial charge on any atom is 0.269 e. The van der Waals surface area contributed by atoms with E-state index in [2.05, 4.69) is 21.4 Å². The maximum absolute atomic E-state index is 13.4. The Hall–Kier alpha value is -3.74. The second-order valence-corrected chi connectivity index (χ2v) is 10.2. The number of rotatable bonds is 5. The number of aromatic nitrogens is 3. The van der Waals surface area contributed by atoms with Gasteiger partial charge in [-0.15, -0.1) is 0 Å². The molecule has 0 saturated heterocycles. The number of nitriles is 1. The van der Waals surface area contributed by atoms with E-state index in [1.54, 1.807) is 54.9 Å². The normalized spacial score (nSPS) is 18.5. The van der Waals surface area contributed by atoms with Crippen molar-refractivity contribution in [1.82, 2.24) is 13.9 Å². The van der Waals surface area contributed by atoms with E-state index in [-0.39, 0.29) is 22.7 Å². The quantitative estimate of drug-likeness (QED) is 0.451. The summed E-state index contributed by atoms with van der Waals surface area (Å²) in [6.07, 6.45) is 5.91. The number of pyridine rings is 2. The van der Waals surface area contributed by atoms with Crippen LogP contribution in [0.2, 0.25) is 0 Å². The van der Waals surface area contributed by atoms with Gasteiger partial charge in [0.25, 0.3) is 10.0 Å². The molecular weight excluding hydrogens is 450 g/mol. The van der Waals surface area contributed by atoms with Gasteiger partial charge in [-0.25, -0.2) is 22.4 Å². The van der Waals surface area contributed by atoms with Crippen molar-refractivity contribution in [3.8, 4) is 17.2 Å². The smallest absolute Gasteiger partial charge is 0.269 e. The van der Waals surface area contributed by atoms with Crippen LogP contribution in [0.15, 0.2) is 71.9 Å². The highest BCUT2D eigenvalue weighted by molar-refractivity contribution is 7.90. The lowest BCUT2D eigenvalue weighted by Crippen LogP contribution is -2.28. The predicted molar refractivity (Wildman–Crippen MR) is 129 cm³/mol. The van der Waals surface area contributed by atoms with E-state index < -0.39 is 10.0 Å². The van der Waals surface area contributed by atoms with Crippen LogP contribution in [0.4, 0.5) is 5.82 Å². The Labute approximate surface area is 197 Å². The van der Waals surface area contributed by atoms with E-state index in [0.717, 1.165) is 25.7 Å². The van der Waals surface area contributed by atoms with Crippen molar-refractivity contribution in [2.45, 2.75) is 42.7 Å². The van der Waals surface area contributed by atoms with E-state index in [1.807, 2.05) is 12.1 Å². The van der Waals surface area contributed by atoms with Crippen molar-refractivity contribution in [3.63, 3.8) is 0 Å². The SMILES string of the molecule is N#Cc1cc(-c2cn(S(=O)(=O)c3ccccc3)c3ncccc23)cc(NC2CCC(O)CC2)n1. The number of anilines is 1. The zero-order valence-corrected chi connectivity index (χ0v) is 19.1. The van der Waals surface area contributed by atoms with Gasteiger partial charge in [-0.2, -0.15) is 5.26 Å². The van der Waals surface area contributed by atoms with Crippen molar-refractivity contribution in [2.75, 3.05) is 5.32 Å². The fraction of sp³-hybridized carbons (Fsp3) is 0.240. The van der Waals surface area contributed by atoms with Crippen molar-refractivity contribution in [2.24, 2.45) is 0 Å². The van der Waals surface area contributed by atoms with Crippen LogP contribution in [0.25, 0.3) is 22.2 Å². The molecule has 8 nitrogen and oxygen atoms in total. The molecule has 0 bridgehead atoms. The summed E-state index contributed by atoms with van der Waals surface area (Å²) in [6, 6.07) is 17.5. The average Bonchev–Trinajstić information content (AvgIpc) is 3.26. The molecule has 0 atom stereocenters. The first-order valence-corrected chi connectivity index (χ1v) is 12.5. The van der Waals surface area contributed by atoms with Crippen LogP contribution in [0.5, 0.6) is 0 Å². The minimum atomic E-state index is -3.87. The van der Waals surface area contributed by atoms with Crippen LogP contribution < -0.4 is 5.32 Å². The van der Waals surface area contributed by atoms with Gasteiger partial charge in [0, 0.05) is 29.4 Å². The minimum Gasteiger partial charge on any atom is -0.393 e. The Kier molecular flexibility index (Phi) is 5.77. The Morgan fingerprint density at radius 1 is 1.06 bits per heavy atom. The first kappa shape index (κ1) is 22.1. The van der Waals surface area contributed by atoms with E-state index in [1.165, 1.54) is 3.97 Å². The van der Waals surface area contributed by atoms with Crippen LogP contribution in [0.3, 0.4) is 0 Å². The monoisotopic (exact) mass is 473 g/mol. The van der Waals surface area contributed by atoms with Crippen molar-refractivity contribution in [3.05, 3.63) is 72.7 Å². The number of aliphatic hydroxyl groups is 1. The number of hydrogen-bond acceptors (Lipinski definition) is 7. The number of benzene rings is 1. The van der Waals surface area contributed by atoms with Gasteiger partial charge in [0.15, 0.2) is 5.65 Å². The summed E-state index contributed by atoms with van der Waals surface area (Å²) in [4.78, 5) is 8.91. The molecule has 2 N–H and O–H groups in total. The molecule has 1 saturated carbocycles.